The van der Waals surface area contributed by atoms with Gasteiger partial charge in [0.1, 0.15) is 5.82 Å². The lowest BCUT2D eigenvalue weighted by Crippen LogP contribution is -2.10. The number of halogens is 1. The molecule has 2 unspecified atom stereocenters. The van der Waals surface area contributed by atoms with Gasteiger partial charge in [0.2, 0.25) is 6.10 Å². The van der Waals surface area contributed by atoms with Crippen LogP contribution in [0.1, 0.15) is 11.7 Å². The van der Waals surface area contributed by atoms with Crippen LogP contribution in [0.3, 0.4) is 0 Å². The number of hydrogen-bond donors (Lipinski definition) is 0. The lowest BCUT2D eigenvalue weighted by molar-refractivity contribution is 0.117. The molecular formula is C10H6FNO3. The Morgan fingerprint density at radius 2 is 1.93 bits per heavy atom. The number of carbonyl (C=O) groups excluding carboxylic acids is 1. The van der Waals surface area contributed by atoms with Gasteiger partial charge in [0, 0.05) is 5.56 Å². The number of benzene rings is 1. The van der Waals surface area contributed by atoms with E-state index in [1.165, 1.54) is 24.3 Å². The summed E-state index contributed by atoms with van der Waals surface area (Å²) in [7, 11) is 0. The SMILES string of the molecule is [C-]#[N+]C1OC(=O)OC1c1ccc(F)cc1. The maximum atomic E-state index is 12.6. The molecule has 15 heavy (non-hydrogen) atoms. The van der Waals surface area contributed by atoms with Crippen LogP contribution in [-0.2, 0) is 9.47 Å². The summed E-state index contributed by atoms with van der Waals surface area (Å²) < 4.78 is 22.0. The fraction of sp³-hybridized carbons (Fsp3) is 0.200. The van der Waals surface area contributed by atoms with Crippen molar-refractivity contribution in [3.63, 3.8) is 0 Å². The highest BCUT2D eigenvalue weighted by Crippen LogP contribution is 2.30. The summed E-state index contributed by atoms with van der Waals surface area (Å²) >= 11 is 0. The number of carbonyl (C=O) groups is 1. The van der Waals surface area contributed by atoms with E-state index in [1.807, 2.05) is 0 Å². The Bertz CT molecular complexity index is 423. The molecule has 1 heterocycles. The van der Waals surface area contributed by atoms with Gasteiger partial charge in [-0.2, -0.15) is 0 Å². The van der Waals surface area contributed by atoms with Crippen molar-refractivity contribution in [2.45, 2.75) is 12.3 Å². The van der Waals surface area contributed by atoms with Gasteiger partial charge in [-0.25, -0.2) is 15.8 Å². The predicted octanol–water partition coefficient (Wildman–Crippen LogP) is 2.28. The van der Waals surface area contributed by atoms with Gasteiger partial charge in [0.25, 0.3) is 0 Å². The average Bonchev–Trinajstić information content (AvgIpc) is 2.61. The molecule has 0 amide bonds. The van der Waals surface area contributed by atoms with Gasteiger partial charge in [-0.3, -0.25) is 4.85 Å². The van der Waals surface area contributed by atoms with Crippen LogP contribution in [0.4, 0.5) is 9.18 Å². The molecule has 1 aliphatic heterocycles. The van der Waals surface area contributed by atoms with Gasteiger partial charge in [0.15, 0.2) is 0 Å². The molecule has 1 saturated heterocycles. The molecule has 76 valence electrons. The minimum Gasteiger partial charge on any atom is -0.413 e. The van der Waals surface area contributed by atoms with E-state index in [1.54, 1.807) is 0 Å². The Morgan fingerprint density at radius 1 is 1.27 bits per heavy atom. The van der Waals surface area contributed by atoms with Gasteiger partial charge >= 0.3 is 12.4 Å². The molecule has 2 atom stereocenters. The molecule has 1 fully saturated rings. The topological polar surface area (TPSA) is 39.9 Å². The number of cyclic esters (lactones) is 2. The third kappa shape index (κ3) is 1.74. The molecule has 0 bridgehead atoms. The molecule has 4 nitrogen and oxygen atoms in total. The van der Waals surface area contributed by atoms with Crippen LogP contribution in [0.2, 0.25) is 0 Å². The quantitative estimate of drug-likeness (QED) is 0.524. The highest BCUT2D eigenvalue weighted by atomic mass is 19.1. The van der Waals surface area contributed by atoms with Crippen molar-refractivity contribution in [2.75, 3.05) is 0 Å². The first-order valence-corrected chi connectivity index (χ1v) is 4.20. The van der Waals surface area contributed by atoms with Crippen molar-refractivity contribution in [3.8, 4) is 0 Å². The van der Waals surface area contributed by atoms with Crippen LogP contribution < -0.4 is 0 Å². The van der Waals surface area contributed by atoms with Crippen molar-refractivity contribution in [1.29, 1.82) is 0 Å². The summed E-state index contributed by atoms with van der Waals surface area (Å²) in [5.74, 6) is -0.386. The molecule has 1 aromatic rings. The lowest BCUT2D eigenvalue weighted by atomic mass is 10.1. The van der Waals surface area contributed by atoms with E-state index in [0.29, 0.717) is 5.56 Å². The highest BCUT2D eigenvalue weighted by molar-refractivity contribution is 5.63. The maximum Gasteiger partial charge on any atom is 0.515 e. The normalized spacial score (nSPS) is 24.1. The van der Waals surface area contributed by atoms with Gasteiger partial charge in [-0.05, 0) is 12.1 Å². The van der Waals surface area contributed by atoms with E-state index >= 15 is 0 Å². The number of ether oxygens (including phenoxy) is 2. The van der Waals surface area contributed by atoms with E-state index in [4.69, 9.17) is 11.3 Å². The highest BCUT2D eigenvalue weighted by Gasteiger charge is 2.42. The maximum absolute atomic E-state index is 12.6. The van der Waals surface area contributed by atoms with Crippen LogP contribution in [-0.4, -0.2) is 12.4 Å². The minimum absolute atomic E-state index is 0.386. The van der Waals surface area contributed by atoms with E-state index in [0.717, 1.165) is 0 Å². The van der Waals surface area contributed by atoms with E-state index < -0.39 is 18.5 Å². The summed E-state index contributed by atoms with van der Waals surface area (Å²) in [6.07, 6.45) is -2.62. The van der Waals surface area contributed by atoms with E-state index in [9.17, 15) is 9.18 Å². The molecule has 0 radical (unpaired) electrons. The standard InChI is InChI=1S/C10H6FNO3/c1-12-9-8(14-10(13)15-9)6-2-4-7(11)5-3-6/h2-5,8-9H. The molecule has 0 saturated carbocycles. The number of rotatable bonds is 1. The fourth-order valence-corrected chi connectivity index (χ4v) is 1.33. The van der Waals surface area contributed by atoms with Crippen molar-refractivity contribution in [3.05, 3.63) is 47.1 Å². The molecule has 0 N–H and O–H groups in total. The summed E-state index contributed by atoms with van der Waals surface area (Å²) in [4.78, 5) is 13.9. The van der Waals surface area contributed by atoms with Crippen LogP contribution in [0.15, 0.2) is 24.3 Å². The average molecular weight is 207 g/mol. The summed E-state index contributed by atoms with van der Waals surface area (Å²) in [6, 6.07) is 5.39. The molecule has 0 aromatic heterocycles. The number of hydrogen-bond acceptors (Lipinski definition) is 3. The first kappa shape index (κ1) is 9.46. The second kappa shape index (κ2) is 3.58. The minimum atomic E-state index is -0.983. The summed E-state index contributed by atoms with van der Waals surface area (Å²) in [5, 5.41) is 0. The third-order valence-electron chi connectivity index (χ3n) is 2.02. The van der Waals surface area contributed by atoms with Crippen LogP contribution in [0, 0.1) is 12.4 Å². The second-order valence-electron chi connectivity index (χ2n) is 2.98. The molecule has 5 heteroatoms. The first-order valence-electron chi connectivity index (χ1n) is 4.20. The summed E-state index contributed by atoms with van der Waals surface area (Å²) in [5.41, 5.74) is 0.545. The predicted molar refractivity (Wildman–Crippen MR) is 47.1 cm³/mol. The summed E-state index contributed by atoms with van der Waals surface area (Å²) in [6.45, 7) is 6.81. The van der Waals surface area contributed by atoms with E-state index in [2.05, 4.69) is 9.58 Å². The zero-order chi connectivity index (χ0) is 10.8. The van der Waals surface area contributed by atoms with Crippen LogP contribution in [0.25, 0.3) is 4.85 Å². The Hall–Kier alpha value is -2.09. The molecular weight excluding hydrogens is 201 g/mol. The molecule has 0 aliphatic carbocycles. The largest absolute Gasteiger partial charge is 0.515 e. The Labute approximate surface area is 85.0 Å². The lowest BCUT2D eigenvalue weighted by Gasteiger charge is -2.05. The van der Waals surface area contributed by atoms with Gasteiger partial charge in [-0.15, -0.1) is 0 Å². The molecule has 1 aliphatic rings. The Morgan fingerprint density at radius 3 is 2.53 bits per heavy atom. The third-order valence-corrected chi connectivity index (χ3v) is 2.02. The Kier molecular flexibility index (Phi) is 2.26. The zero-order valence-corrected chi connectivity index (χ0v) is 7.51. The van der Waals surface area contributed by atoms with Crippen molar-refractivity contribution < 1.29 is 18.7 Å². The van der Waals surface area contributed by atoms with Crippen LogP contribution in [0.5, 0.6) is 0 Å². The van der Waals surface area contributed by atoms with Crippen molar-refractivity contribution >= 4 is 6.16 Å². The fourth-order valence-electron chi connectivity index (χ4n) is 1.33. The monoisotopic (exact) mass is 207 g/mol. The number of nitrogens with zero attached hydrogens (tertiary/aromatic N) is 1. The Balaban J connectivity index is 2.27. The smallest absolute Gasteiger partial charge is 0.413 e. The van der Waals surface area contributed by atoms with Crippen molar-refractivity contribution in [2.24, 2.45) is 0 Å². The van der Waals surface area contributed by atoms with Crippen molar-refractivity contribution in [1.82, 2.24) is 0 Å². The van der Waals surface area contributed by atoms with Gasteiger partial charge < -0.3 is 9.47 Å². The van der Waals surface area contributed by atoms with E-state index in [-0.39, 0.29) is 5.82 Å². The zero-order valence-electron chi connectivity index (χ0n) is 7.51. The van der Waals surface area contributed by atoms with Crippen LogP contribution >= 0.6 is 0 Å². The first-order chi connectivity index (χ1) is 7.20. The molecule has 2 rings (SSSR count). The molecule has 0 spiro atoms. The van der Waals surface area contributed by atoms with Gasteiger partial charge in [0.05, 0.1) is 0 Å². The second-order valence-corrected chi connectivity index (χ2v) is 2.98. The van der Waals surface area contributed by atoms with Gasteiger partial charge in [-0.1, -0.05) is 12.1 Å². The molecule has 1 aromatic carbocycles.